The van der Waals surface area contributed by atoms with E-state index in [2.05, 4.69) is 31.3 Å². The Bertz CT molecular complexity index is 738. The van der Waals surface area contributed by atoms with Crippen molar-refractivity contribution in [1.29, 1.82) is 0 Å². The fraction of sp³-hybridized carbons (Fsp3) is 0. The number of anilines is 1. The number of hydrogen-bond donors (Lipinski definition) is 1. The molecular weight excluding hydrogens is 340 g/mol. The van der Waals surface area contributed by atoms with Gasteiger partial charge in [-0.1, -0.05) is 12.1 Å². The standard InChI is InChI=1S/C13H9BrN4OS/c14-9-5-6-20-12(9)13(19)17-10-3-1-2-4-11(10)18-8-15-7-16-18/h1-8H,(H,17,19). The minimum atomic E-state index is -0.153. The SMILES string of the molecule is O=C(Nc1ccccc1-n1cncn1)c1sccc1Br. The number of hydrogen-bond acceptors (Lipinski definition) is 4. The van der Waals surface area contributed by atoms with E-state index in [0.717, 1.165) is 10.2 Å². The first-order chi connectivity index (χ1) is 9.75. The Morgan fingerprint density at radius 2 is 2.15 bits per heavy atom. The summed E-state index contributed by atoms with van der Waals surface area (Å²) < 4.78 is 2.40. The van der Waals surface area contributed by atoms with Crippen LogP contribution < -0.4 is 5.32 Å². The van der Waals surface area contributed by atoms with Gasteiger partial charge in [-0.2, -0.15) is 5.10 Å². The number of nitrogens with one attached hydrogen (secondary N) is 1. The minimum Gasteiger partial charge on any atom is -0.319 e. The predicted molar refractivity (Wildman–Crippen MR) is 81.3 cm³/mol. The number of amides is 1. The Labute approximate surface area is 127 Å². The van der Waals surface area contributed by atoms with Gasteiger partial charge < -0.3 is 5.32 Å². The fourth-order valence-electron chi connectivity index (χ4n) is 1.75. The molecule has 5 nitrogen and oxygen atoms in total. The monoisotopic (exact) mass is 348 g/mol. The molecule has 0 radical (unpaired) electrons. The normalized spacial score (nSPS) is 10.4. The molecule has 0 atom stereocenters. The Morgan fingerprint density at radius 3 is 2.85 bits per heavy atom. The molecule has 0 spiro atoms. The van der Waals surface area contributed by atoms with Crippen LogP contribution >= 0.6 is 27.3 Å². The van der Waals surface area contributed by atoms with Crippen LogP contribution in [0.3, 0.4) is 0 Å². The highest BCUT2D eigenvalue weighted by molar-refractivity contribution is 9.10. The molecule has 1 amide bonds. The maximum absolute atomic E-state index is 12.2. The summed E-state index contributed by atoms with van der Waals surface area (Å²) in [6.07, 6.45) is 3.04. The number of para-hydroxylation sites is 2. The average Bonchev–Trinajstić information content (AvgIpc) is 3.10. The molecule has 7 heteroatoms. The quantitative estimate of drug-likeness (QED) is 0.789. The first-order valence-corrected chi connectivity index (χ1v) is 7.41. The van der Waals surface area contributed by atoms with E-state index in [1.807, 2.05) is 35.7 Å². The number of carbonyl (C=O) groups is 1. The Hall–Kier alpha value is -1.99. The van der Waals surface area contributed by atoms with Crippen LogP contribution in [-0.2, 0) is 0 Å². The van der Waals surface area contributed by atoms with Crippen molar-refractivity contribution in [3.05, 3.63) is 57.7 Å². The van der Waals surface area contributed by atoms with Crippen molar-refractivity contribution in [2.24, 2.45) is 0 Å². The average molecular weight is 349 g/mol. The van der Waals surface area contributed by atoms with Gasteiger partial charge in [0.05, 0.1) is 11.4 Å². The predicted octanol–water partition coefficient (Wildman–Crippen LogP) is 3.34. The number of aromatic nitrogens is 3. The molecule has 3 rings (SSSR count). The molecule has 0 saturated carbocycles. The van der Waals surface area contributed by atoms with Gasteiger partial charge in [0.2, 0.25) is 0 Å². The van der Waals surface area contributed by atoms with E-state index in [1.165, 1.54) is 17.7 Å². The molecule has 0 fully saturated rings. The highest BCUT2D eigenvalue weighted by Crippen LogP contribution is 2.25. The van der Waals surface area contributed by atoms with E-state index in [0.29, 0.717) is 10.6 Å². The van der Waals surface area contributed by atoms with E-state index in [4.69, 9.17) is 0 Å². The van der Waals surface area contributed by atoms with Gasteiger partial charge in [0.1, 0.15) is 17.5 Å². The second-order valence-electron chi connectivity index (χ2n) is 3.91. The molecule has 0 unspecified atom stereocenters. The number of thiophene rings is 1. The third-order valence-electron chi connectivity index (χ3n) is 2.64. The Kier molecular flexibility index (Phi) is 3.62. The largest absolute Gasteiger partial charge is 0.319 e. The third-order valence-corrected chi connectivity index (χ3v) is 4.48. The lowest BCUT2D eigenvalue weighted by molar-refractivity contribution is 0.103. The van der Waals surface area contributed by atoms with E-state index < -0.39 is 0 Å². The molecule has 0 bridgehead atoms. The van der Waals surface area contributed by atoms with Crippen molar-refractivity contribution in [3.8, 4) is 5.69 Å². The van der Waals surface area contributed by atoms with Crippen LogP contribution in [0.25, 0.3) is 5.69 Å². The van der Waals surface area contributed by atoms with Crippen LogP contribution in [0.1, 0.15) is 9.67 Å². The summed E-state index contributed by atoms with van der Waals surface area (Å²) in [5.41, 5.74) is 1.45. The molecule has 2 aromatic heterocycles. The summed E-state index contributed by atoms with van der Waals surface area (Å²) >= 11 is 4.75. The second-order valence-corrected chi connectivity index (χ2v) is 5.68. The summed E-state index contributed by atoms with van der Waals surface area (Å²) in [4.78, 5) is 16.8. The number of nitrogens with zero attached hydrogens (tertiary/aromatic N) is 3. The van der Waals surface area contributed by atoms with Crippen LogP contribution in [0, 0.1) is 0 Å². The lowest BCUT2D eigenvalue weighted by Gasteiger charge is -2.10. The van der Waals surface area contributed by atoms with E-state index in [1.54, 1.807) is 11.0 Å². The lowest BCUT2D eigenvalue weighted by atomic mass is 10.2. The number of rotatable bonds is 3. The maximum Gasteiger partial charge on any atom is 0.266 e. The molecule has 3 aromatic rings. The Morgan fingerprint density at radius 1 is 1.30 bits per heavy atom. The first kappa shape index (κ1) is 13.0. The molecule has 2 heterocycles. The van der Waals surface area contributed by atoms with E-state index >= 15 is 0 Å². The summed E-state index contributed by atoms with van der Waals surface area (Å²) in [7, 11) is 0. The lowest BCUT2D eigenvalue weighted by Crippen LogP contribution is -2.13. The van der Waals surface area contributed by atoms with Gasteiger partial charge in [-0.25, -0.2) is 9.67 Å². The van der Waals surface area contributed by atoms with Crippen molar-refractivity contribution in [2.45, 2.75) is 0 Å². The van der Waals surface area contributed by atoms with Gasteiger partial charge in [0.25, 0.3) is 5.91 Å². The van der Waals surface area contributed by atoms with Crippen LogP contribution in [0.5, 0.6) is 0 Å². The number of halogens is 1. The summed E-state index contributed by atoms with van der Waals surface area (Å²) in [6, 6.07) is 9.29. The van der Waals surface area contributed by atoms with Crippen molar-refractivity contribution >= 4 is 38.9 Å². The summed E-state index contributed by atoms with van der Waals surface area (Å²) in [6.45, 7) is 0. The third kappa shape index (κ3) is 2.50. The van der Waals surface area contributed by atoms with E-state index in [-0.39, 0.29) is 5.91 Å². The molecule has 0 aliphatic heterocycles. The van der Waals surface area contributed by atoms with Gasteiger partial charge in [-0.05, 0) is 39.5 Å². The molecule has 0 aliphatic carbocycles. The smallest absolute Gasteiger partial charge is 0.266 e. The maximum atomic E-state index is 12.2. The van der Waals surface area contributed by atoms with E-state index in [9.17, 15) is 4.79 Å². The zero-order valence-electron chi connectivity index (χ0n) is 10.2. The van der Waals surface area contributed by atoms with Gasteiger partial charge in [-0.15, -0.1) is 11.3 Å². The molecule has 1 N–H and O–H groups in total. The van der Waals surface area contributed by atoms with Gasteiger partial charge in [-0.3, -0.25) is 4.79 Å². The molecular formula is C13H9BrN4OS. The summed E-state index contributed by atoms with van der Waals surface area (Å²) in [5, 5.41) is 8.84. The van der Waals surface area contributed by atoms with Gasteiger partial charge in [0, 0.05) is 4.47 Å². The zero-order valence-corrected chi connectivity index (χ0v) is 12.6. The highest BCUT2D eigenvalue weighted by atomic mass is 79.9. The molecule has 1 aromatic carbocycles. The fourth-order valence-corrected chi connectivity index (χ4v) is 3.19. The second kappa shape index (κ2) is 5.56. The van der Waals surface area contributed by atoms with Crippen molar-refractivity contribution in [2.75, 3.05) is 5.32 Å². The van der Waals surface area contributed by atoms with Gasteiger partial charge >= 0.3 is 0 Å². The van der Waals surface area contributed by atoms with Crippen molar-refractivity contribution < 1.29 is 4.79 Å². The molecule has 0 aliphatic rings. The van der Waals surface area contributed by atoms with Crippen molar-refractivity contribution in [3.63, 3.8) is 0 Å². The van der Waals surface area contributed by atoms with Crippen LogP contribution in [0.2, 0.25) is 0 Å². The Balaban J connectivity index is 1.92. The van der Waals surface area contributed by atoms with Crippen LogP contribution in [0.4, 0.5) is 5.69 Å². The minimum absolute atomic E-state index is 0.153. The molecule has 100 valence electrons. The highest BCUT2D eigenvalue weighted by Gasteiger charge is 2.14. The van der Waals surface area contributed by atoms with Crippen LogP contribution in [-0.4, -0.2) is 20.7 Å². The zero-order chi connectivity index (χ0) is 13.9. The summed E-state index contributed by atoms with van der Waals surface area (Å²) in [5.74, 6) is -0.153. The topological polar surface area (TPSA) is 59.8 Å². The van der Waals surface area contributed by atoms with Gasteiger partial charge in [0.15, 0.2) is 0 Å². The number of carbonyl (C=O) groups excluding carboxylic acids is 1. The van der Waals surface area contributed by atoms with Crippen LogP contribution in [0.15, 0.2) is 52.8 Å². The number of benzene rings is 1. The van der Waals surface area contributed by atoms with Crippen molar-refractivity contribution in [1.82, 2.24) is 14.8 Å². The first-order valence-electron chi connectivity index (χ1n) is 5.74. The molecule has 0 saturated heterocycles. The molecule has 20 heavy (non-hydrogen) atoms.